The lowest BCUT2D eigenvalue weighted by molar-refractivity contribution is -0.120. The topological polar surface area (TPSA) is 84.0 Å². The van der Waals surface area contributed by atoms with E-state index < -0.39 is 16.9 Å². The van der Waals surface area contributed by atoms with E-state index in [1.165, 1.54) is 28.0 Å². The minimum atomic E-state index is -0.821. The first kappa shape index (κ1) is 16.1. The molecule has 0 saturated carbocycles. The Morgan fingerprint density at radius 2 is 2.12 bits per heavy atom. The quantitative estimate of drug-likeness (QED) is 0.681. The van der Waals surface area contributed by atoms with Gasteiger partial charge in [0.1, 0.15) is 5.82 Å². The summed E-state index contributed by atoms with van der Waals surface area (Å²) in [7, 11) is 0. The Morgan fingerprint density at radius 1 is 1.29 bits per heavy atom. The van der Waals surface area contributed by atoms with Gasteiger partial charge < -0.3 is 14.9 Å². The van der Waals surface area contributed by atoms with E-state index in [0.717, 1.165) is 10.9 Å². The molecule has 0 fully saturated rings. The monoisotopic (exact) mass is 347 g/mol. The van der Waals surface area contributed by atoms with Gasteiger partial charge in [-0.1, -0.05) is 6.07 Å². The van der Waals surface area contributed by atoms with E-state index in [4.69, 9.17) is 0 Å². The largest absolute Gasteiger partial charge is 0.354 e. The van der Waals surface area contributed by atoms with Crippen molar-refractivity contribution in [2.45, 2.75) is 13.0 Å². The number of rotatable bonds is 5. The van der Waals surface area contributed by atoms with Crippen LogP contribution in [0.2, 0.25) is 0 Å². The number of thiophene rings is 1. The highest BCUT2D eigenvalue weighted by Gasteiger charge is 2.09. The Balaban J connectivity index is 1.75. The number of aromatic nitrogens is 2. The van der Waals surface area contributed by atoms with Gasteiger partial charge in [0.25, 0.3) is 0 Å². The highest BCUT2D eigenvalue weighted by atomic mass is 32.1. The predicted molar refractivity (Wildman–Crippen MR) is 89.8 cm³/mol. The molecule has 0 aliphatic rings. The van der Waals surface area contributed by atoms with E-state index in [1.54, 1.807) is 0 Å². The number of nitrogens with one attached hydrogen (secondary N) is 2. The highest BCUT2D eigenvalue weighted by molar-refractivity contribution is 7.10. The fourth-order valence-corrected chi connectivity index (χ4v) is 3.12. The summed E-state index contributed by atoms with van der Waals surface area (Å²) < 4.78 is 14.5. The molecular weight excluding hydrogens is 333 g/mol. The maximum Gasteiger partial charge on any atom is 0.316 e. The Bertz CT molecular complexity index is 992. The standard InChI is InChI=1S/C16H14FN3O3S/c17-10-3-4-13-12(8-10)19-15(22)16(23)20(13)6-5-18-14(21)9-11-2-1-7-24-11/h1-4,7-8H,5-6,9H2,(H,18,21)(H,19,22). The molecule has 2 heterocycles. The summed E-state index contributed by atoms with van der Waals surface area (Å²) in [5, 5.41) is 4.61. The van der Waals surface area contributed by atoms with Crippen LogP contribution in [0.15, 0.2) is 45.3 Å². The Hall–Kier alpha value is -2.74. The summed E-state index contributed by atoms with van der Waals surface area (Å²) in [6.45, 7) is 0.321. The average Bonchev–Trinajstić information content (AvgIpc) is 3.04. The first-order valence-corrected chi connectivity index (χ1v) is 8.14. The van der Waals surface area contributed by atoms with Gasteiger partial charge in [-0.15, -0.1) is 11.3 Å². The number of carbonyl (C=O) groups is 1. The number of hydrogen-bond donors (Lipinski definition) is 2. The van der Waals surface area contributed by atoms with Gasteiger partial charge in [-0.25, -0.2) is 4.39 Å². The molecule has 124 valence electrons. The zero-order valence-corrected chi connectivity index (χ0v) is 13.4. The van der Waals surface area contributed by atoms with Crippen molar-refractivity contribution in [1.29, 1.82) is 0 Å². The summed E-state index contributed by atoms with van der Waals surface area (Å²) in [5.41, 5.74) is -0.905. The molecule has 24 heavy (non-hydrogen) atoms. The van der Waals surface area contributed by atoms with Gasteiger partial charge in [-0.2, -0.15) is 0 Å². The zero-order chi connectivity index (χ0) is 17.1. The summed E-state index contributed by atoms with van der Waals surface area (Å²) in [4.78, 5) is 38.8. The minimum Gasteiger partial charge on any atom is -0.354 e. The van der Waals surface area contributed by atoms with E-state index in [-0.39, 0.29) is 30.9 Å². The fourth-order valence-electron chi connectivity index (χ4n) is 2.41. The second kappa shape index (κ2) is 6.79. The summed E-state index contributed by atoms with van der Waals surface area (Å²) >= 11 is 1.49. The molecule has 1 aromatic carbocycles. The van der Waals surface area contributed by atoms with Gasteiger partial charge in [0, 0.05) is 18.0 Å². The second-order valence-electron chi connectivity index (χ2n) is 5.18. The molecule has 0 aliphatic carbocycles. The third-order valence-corrected chi connectivity index (χ3v) is 4.39. The first-order chi connectivity index (χ1) is 11.5. The Morgan fingerprint density at radius 3 is 2.88 bits per heavy atom. The molecule has 0 spiro atoms. The number of fused-ring (bicyclic) bond motifs is 1. The van der Waals surface area contributed by atoms with Crippen LogP contribution in [0.25, 0.3) is 11.0 Å². The number of amides is 1. The molecule has 3 aromatic rings. The van der Waals surface area contributed by atoms with Gasteiger partial charge >= 0.3 is 11.1 Å². The zero-order valence-electron chi connectivity index (χ0n) is 12.5. The van der Waals surface area contributed by atoms with Crippen molar-refractivity contribution in [2.75, 3.05) is 6.54 Å². The molecule has 2 N–H and O–H groups in total. The number of halogens is 1. The van der Waals surface area contributed by atoms with Crippen LogP contribution in [0.3, 0.4) is 0 Å². The number of carbonyl (C=O) groups excluding carboxylic acids is 1. The van der Waals surface area contributed by atoms with Crippen molar-refractivity contribution < 1.29 is 9.18 Å². The van der Waals surface area contributed by atoms with Gasteiger partial charge in [0.2, 0.25) is 5.91 Å². The lowest BCUT2D eigenvalue weighted by atomic mass is 10.3. The van der Waals surface area contributed by atoms with Gasteiger partial charge in [-0.05, 0) is 29.6 Å². The number of benzene rings is 1. The van der Waals surface area contributed by atoms with E-state index in [0.29, 0.717) is 5.52 Å². The molecule has 0 aliphatic heterocycles. The number of hydrogen-bond acceptors (Lipinski definition) is 4. The van der Waals surface area contributed by atoms with Crippen LogP contribution < -0.4 is 16.4 Å². The molecule has 0 bridgehead atoms. The molecule has 2 aromatic heterocycles. The summed E-state index contributed by atoms with van der Waals surface area (Å²) in [5.74, 6) is -0.668. The molecule has 0 atom stereocenters. The van der Waals surface area contributed by atoms with Gasteiger partial charge in [0.15, 0.2) is 0 Å². The van der Waals surface area contributed by atoms with Crippen LogP contribution in [0.4, 0.5) is 4.39 Å². The minimum absolute atomic E-state index is 0.126. The van der Waals surface area contributed by atoms with Crippen molar-refractivity contribution in [3.63, 3.8) is 0 Å². The number of H-pyrrole nitrogens is 1. The normalized spacial score (nSPS) is 10.9. The smallest absolute Gasteiger partial charge is 0.316 e. The fraction of sp³-hybridized carbons (Fsp3) is 0.188. The third-order valence-electron chi connectivity index (χ3n) is 3.51. The Kier molecular flexibility index (Phi) is 4.57. The van der Waals surface area contributed by atoms with Crippen molar-refractivity contribution in [1.82, 2.24) is 14.9 Å². The van der Waals surface area contributed by atoms with E-state index in [9.17, 15) is 18.8 Å². The summed E-state index contributed by atoms with van der Waals surface area (Å²) in [6, 6.07) is 7.53. The van der Waals surface area contributed by atoms with Gasteiger partial charge in [0.05, 0.1) is 17.5 Å². The lowest BCUT2D eigenvalue weighted by Gasteiger charge is -2.10. The second-order valence-corrected chi connectivity index (χ2v) is 6.21. The van der Waals surface area contributed by atoms with Crippen molar-refractivity contribution >= 4 is 28.3 Å². The highest BCUT2D eigenvalue weighted by Crippen LogP contribution is 2.10. The molecule has 1 amide bonds. The molecule has 0 saturated heterocycles. The third kappa shape index (κ3) is 3.43. The van der Waals surface area contributed by atoms with E-state index in [1.807, 2.05) is 17.5 Å². The average molecular weight is 347 g/mol. The number of nitrogens with zero attached hydrogens (tertiary/aromatic N) is 1. The van der Waals surface area contributed by atoms with Crippen LogP contribution in [0.5, 0.6) is 0 Å². The molecule has 0 radical (unpaired) electrons. The van der Waals surface area contributed by atoms with Crippen molar-refractivity contribution in [3.05, 3.63) is 67.1 Å². The van der Waals surface area contributed by atoms with E-state index in [2.05, 4.69) is 10.3 Å². The van der Waals surface area contributed by atoms with Crippen LogP contribution >= 0.6 is 11.3 Å². The van der Waals surface area contributed by atoms with Crippen LogP contribution in [-0.2, 0) is 17.8 Å². The molecule has 0 unspecified atom stereocenters. The maximum absolute atomic E-state index is 13.3. The Labute approximate surface area is 139 Å². The lowest BCUT2D eigenvalue weighted by Crippen LogP contribution is -2.39. The molecule has 6 nitrogen and oxygen atoms in total. The van der Waals surface area contributed by atoms with Crippen LogP contribution in [-0.4, -0.2) is 22.0 Å². The van der Waals surface area contributed by atoms with Gasteiger partial charge in [-0.3, -0.25) is 14.4 Å². The molecule has 8 heteroatoms. The first-order valence-electron chi connectivity index (χ1n) is 7.26. The van der Waals surface area contributed by atoms with Crippen LogP contribution in [0.1, 0.15) is 4.88 Å². The summed E-state index contributed by atoms with van der Waals surface area (Å²) in [6.07, 6.45) is 0.272. The molecular formula is C16H14FN3O3S. The van der Waals surface area contributed by atoms with Crippen LogP contribution in [0, 0.1) is 5.82 Å². The predicted octanol–water partition coefficient (Wildman–Crippen LogP) is 1.25. The van der Waals surface area contributed by atoms with E-state index >= 15 is 0 Å². The van der Waals surface area contributed by atoms with Crippen molar-refractivity contribution in [3.8, 4) is 0 Å². The maximum atomic E-state index is 13.3. The molecule has 3 rings (SSSR count). The SMILES string of the molecule is O=C(Cc1cccs1)NCCn1c(=O)c(=O)[nH]c2cc(F)ccc21. The number of aromatic amines is 1. The van der Waals surface area contributed by atoms with Crippen molar-refractivity contribution in [2.24, 2.45) is 0 Å².